The van der Waals surface area contributed by atoms with Crippen molar-refractivity contribution in [3.8, 4) is 16.9 Å². The molecule has 0 saturated carbocycles. The molecule has 0 unspecified atom stereocenters. The Hall–Kier alpha value is -2.62. The Morgan fingerprint density at radius 1 is 1.20 bits per heavy atom. The number of phenols is 1. The minimum absolute atomic E-state index is 0.0522. The van der Waals surface area contributed by atoms with E-state index in [2.05, 4.69) is 5.32 Å². The highest BCUT2D eigenvalue weighted by atomic mass is 16.3. The molecule has 2 aromatic carbocycles. The van der Waals surface area contributed by atoms with Gasteiger partial charge in [-0.05, 0) is 42.3 Å². The summed E-state index contributed by atoms with van der Waals surface area (Å²) in [5.41, 5.74) is 2.38. The minimum atomic E-state index is -0.135. The van der Waals surface area contributed by atoms with Gasteiger partial charge in [-0.2, -0.15) is 0 Å². The standard InChI is InChI=1S/C16H15NO3/c1-2-17-16(20)13-5-3-4-11(8-13)12-6-7-15(19)14(9-12)10-18/h3-10,19H,2H2,1H3,(H,17,20). The molecular formula is C16H15NO3. The van der Waals surface area contributed by atoms with E-state index in [0.29, 0.717) is 18.4 Å². The Morgan fingerprint density at radius 2 is 1.95 bits per heavy atom. The quantitative estimate of drug-likeness (QED) is 0.838. The summed E-state index contributed by atoms with van der Waals surface area (Å²) in [5, 5.41) is 12.2. The Bertz CT molecular complexity index is 650. The van der Waals surface area contributed by atoms with Crippen LogP contribution >= 0.6 is 0 Å². The van der Waals surface area contributed by atoms with Gasteiger partial charge in [0.2, 0.25) is 0 Å². The first-order valence-electron chi connectivity index (χ1n) is 6.32. The first kappa shape index (κ1) is 13.8. The number of nitrogens with one attached hydrogen (secondary N) is 1. The number of hydrogen-bond acceptors (Lipinski definition) is 3. The van der Waals surface area contributed by atoms with Gasteiger partial charge in [0.05, 0.1) is 5.56 Å². The summed E-state index contributed by atoms with van der Waals surface area (Å²) < 4.78 is 0. The Balaban J connectivity index is 2.40. The average molecular weight is 269 g/mol. The SMILES string of the molecule is CCNC(=O)c1cccc(-c2ccc(O)c(C=O)c2)c1. The molecule has 0 bridgehead atoms. The molecule has 102 valence electrons. The zero-order valence-corrected chi connectivity index (χ0v) is 11.1. The van der Waals surface area contributed by atoms with Crippen LogP contribution in [-0.2, 0) is 0 Å². The van der Waals surface area contributed by atoms with Gasteiger partial charge in [0.25, 0.3) is 5.91 Å². The molecule has 4 heteroatoms. The summed E-state index contributed by atoms with van der Waals surface area (Å²) in [6.07, 6.45) is 0.604. The fourth-order valence-corrected chi connectivity index (χ4v) is 1.93. The number of hydrogen-bond donors (Lipinski definition) is 2. The van der Waals surface area contributed by atoms with Crippen LogP contribution in [-0.4, -0.2) is 23.8 Å². The Morgan fingerprint density at radius 3 is 2.65 bits per heavy atom. The highest BCUT2D eigenvalue weighted by Gasteiger charge is 2.07. The lowest BCUT2D eigenvalue weighted by molar-refractivity contribution is 0.0955. The fraction of sp³-hybridized carbons (Fsp3) is 0.125. The van der Waals surface area contributed by atoms with E-state index in [9.17, 15) is 14.7 Å². The molecule has 0 aliphatic heterocycles. The van der Waals surface area contributed by atoms with Crippen LogP contribution in [0.3, 0.4) is 0 Å². The number of benzene rings is 2. The number of aromatic hydroxyl groups is 1. The van der Waals surface area contributed by atoms with Crippen LogP contribution in [0.25, 0.3) is 11.1 Å². The number of amides is 1. The van der Waals surface area contributed by atoms with E-state index in [-0.39, 0.29) is 17.2 Å². The molecule has 0 saturated heterocycles. The summed E-state index contributed by atoms with van der Waals surface area (Å²) in [5.74, 6) is -0.188. The lowest BCUT2D eigenvalue weighted by Gasteiger charge is -2.07. The van der Waals surface area contributed by atoms with E-state index in [1.807, 2.05) is 13.0 Å². The second-order valence-corrected chi connectivity index (χ2v) is 4.33. The smallest absolute Gasteiger partial charge is 0.251 e. The fourth-order valence-electron chi connectivity index (χ4n) is 1.93. The maximum absolute atomic E-state index is 11.8. The molecule has 0 heterocycles. The molecule has 2 aromatic rings. The van der Waals surface area contributed by atoms with E-state index in [1.165, 1.54) is 6.07 Å². The molecule has 0 radical (unpaired) electrons. The number of carbonyl (C=O) groups excluding carboxylic acids is 2. The zero-order valence-electron chi connectivity index (χ0n) is 11.1. The highest BCUT2D eigenvalue weighted by Crippen LogP contribution is 2.25. The second-order valence-electron chi connectivity index (χ2n) is 4.33. The van der Waals surface area contributed by atoms with Crippen molar-refractivity contribution in [3.05, 3.63) is 53.6 Å². The number of phenolic OH excluding ortho intramolecular Hbond substituents is 1. The van der Waals surface area contributed by atoms with Gasteiger partial charge < -0.3 is 10.4 Å². The molecular weight excluding hydrogens is 254 g/mol. The predicted octanol–water partition coefficient (Wildman–Crippen LogP) is 2.62. The topological polar surface area (TPSA) is 66.4 Å². The highest BCUT2D eigenvalue weighted by molar-refractivity contribution is 5.95. The van der Waals surface area contributed by atoms with Crippen molar-refractivity contribution in [1.29, 1.82) is 0 Å². The van der Waals surface area contributed by atoms with Crippen molar-refractivity contribution in [2.24, 2.45) is 0 Å². The summed E-state index contributed by atoms with van der Waals surface area (Å²) in [6, 6.07) is 11.9. The molecule has 0 spiro atoms. The summed E-state index contributed by atoms with van der Waals surface area (Å²) >= 11 is 0. The number of rotatable bonds is 4. The maximum Gasteiger partial charge on any atom is 0.251 e. The van der Waals surface area contributed by atoms with Gasteiger partial charge in [-0.15, -0.1) is 0 Å². The van der Waals surface area contributed by atoms with Gasteiger partial charge >= 0.3 is 0 Å². The van der Waals surface area contributed by atoms with E-state index < -0.39 is 0 Å². The van der Waals surface area contributed by atoms with Gasteiger partial charge in [-0.3, -0.25) is 9.59 Å². The van der Waals surface area contributed by atoms with Gasteiger partial charge in [0.15, 0.2) is 6.29 Å². The lowest BCUT2D eigenvalue weighted by Crippen LogP contribution is -2.22. The zero-order chi connectivity index (χ0) is 14.5. The van der Waals surface area contributed by atoms with Crippen molar-refractivity contribution in [1.82, 2.24) is 5.32 Å². The monoisotopic (exact) mass is 269 g/mol. The third-order valence-electron chi connectivity index (χ3n) is 2.95. The van der Waals surface area contributed by atoms with E-state index >= 15 is 0 Å². The molecule has 0 atom stereocenters. The Kier molecular flexibility index (Phi) is 4.15. The van der Waals surface area contributed by atoms with Crippen molar-refractivity contribution in [3.63, 3.8) is 0 Å². The van der Waals surface area contributed by atoms with Gasteiger partial charge in [-0.25, -0.2) is 0 Å². The van der Waals surface area contributed by atoms with Crippen molar-refractivity contribution in [2.45, 2.75) is 6.92 Å². The molecule has 2 N–H and O–H groups in total. The van der Waals surface area contributed by atoms with E-state index in [0.717, 1.165) is 11.1 Å². The van der Waals surface area contributed by atoms with Crippen LogP contribution < -0.4 is 5.32 Å². The van der Waals surface area contributed by atoms with Crippen LogP contribution in [0.4, 0.5) is 0 Å². The van der Waals surface area contributed by atoms with E-state index in [1.54, 1.807) is 30.3 Å². The summed E-state index contributed by atoms with van der Waals surface area (Å²) in [6.45, 7) is 2.43. The molecule has 4 nitrogen and oxygen atoms in total. The molecule has 0 aliphatic carbocycles. The van der Waals surface area contributed by atoms with Crippen LogP contribution in [0.5, 0.6) is 5.75 Å². The first-order valence-corrected chi connectivity index (χ1v) is 6.32. The molecule has 0 fully saturated rings. The largest absolute Gasteiger partial charge is 0.507 e. The lowest BCUT2D eigenvalue weighted by atomic mass is 10.0. The first-order chi connectivity index (χ1) is 9.65. The molecule has 1 amide bonds. The number of carbonyl (C=O) groups is 2. The summed E-state index contributed by atoms with van der Waals surface area (Å²) in [4.78, 5) is 22.6. The third-order valence-corrected chi connectivity index (χ3v) is 2.95. The van der Waals surface area contributed by atoms with Gasteiger partial charge in [-0.1, -0.05) is 18.2 Å². The second kappa shape index (κ2) is 6.02. The summed E-state index contributed by atoms with van der Waals surface area (Å²) in [7, 11) is 0. The van der Waals surface area contributed by atoms with Crippen molar-refractivity contribution in [2.75, 3.05) is 6.54 Å². The molecule has 20 heavy (non-hydrogen) atoms. The minimum Gasteiger partial charge on any atom is -0.507 e. The van der Waals surface area contributed by atoms with Crippen LogP contribution in [0, 0.1) is 0 Å². The van der Waals surface area contributed by atoms with Crippen LogP contribution in [0.2, 0.25) is 0 Å². The van der Waals surface area contributed by atoms with E-state index in [4.69, 9.17) is 0 Å². The third kappa shape index (κ3) is 2.85. The normalized spacial score (nSPS) is 10.1. The van der Waals surface area contributed by atoms with Crippen LogP contribution in [0.1, 0.15) is 27.6 Å². The molecule has 0 aliphatic rings. The van der Waals surface area contributed by atoms with Crippen LogP contribution in [0.15, 0.2) is 42.5 Å². The van der Waals surface area contributed by atoms with Crippen molar-refractivity contribution >= 4 is 12.2 Å². The predicted molar refractivity (Wildman–Crippen MR) is 76.9 cm³/mol. The van der Waals surface area contributed by atoms with Crippen molar-refractivity contribution < 1.29 is 14.7 Å². The average Bonchev–Trinajstić information content (AvgIpc) is 2.48. The van der Waals surface area contributed by atoms with Gasteiger partial charge in [0.1, 0.15) is 5.75 Å². The van der Waals surface area contributed by atoms with Gasteiger partial charge in [0, 0.05) is 12.1 Å². The molecule has 0 aromatic heterocycles. The Labute approximate surface area is 117 Å². The number of aldehydes is 1. The maximum atomic E-state index is 11.8. The molecule has 2 rings (SSSR count).